The molecule has 0 aliphatic heterocycles. The maximum Gasteiger partial charge on any atom is 0.201 e. The van der Waals surface area contributed by atoms with Crippen molar-refractivity contribution in [1.29, 1.82) is 0 Å². The Morgan fingerprint density at radius 1 is 0.857 bits per heavy atom. The van der Waals surface area contributed by atoms with E-state index < -0.39 is 11.6 Å². The Kier molecular flexibility index (Phi) is 8.12. The lowest BCUT2D eigenvalue weighted by Crippen LogP contribution is -2.11. The minimum atomic E-state index is -1.03. The van der Waals surface area contributed by atoms with E-state index in [0.717, 1.165) is 44.1 Å². The first-order valence-corrected chi connectivity index (χ1v) is 12.3. The molecule has 0 unspecified atom stereocenters. The Labute approximate surface area is 206 Å². The highest BCUT2D eigenvalue weighted by Gasteiger charge is 2.22. The monoisotopic (exact) mass is 476 g/mol. The zero-order chi connectivity index (χ0) is 24.8. The second kappa shape index (κ2) is 11.4. The van der Waals surface area contributed by atoms with Gasteiger partial charge in [0.15, 0.2) is 11.6 Å². The van der Waals surface area contributed by atoms with Crippen LogP contribution in [0, 0.1) is 23.4 Å². The van der Waals surface area contributed by atoms with Gasteiger partial charge in [0.05, 0.1) is 6.26 Å². The molecule has 182 valence electrons. The molecular formula is C31H31F3O. The van der Waals surface area contributed by atoms with Crippen LogP contribution in [0.3, 0.4) is 0 Å². The minimum absolute atomic E-state index is 0.130. The van der Waals surface area contributed by atoms with Crippen LogP contribution in [0.5, 0.6) is 5.75 Å². The molecule has 0 heterocycles. The Balaban J connectivity index is 1.50. The number of allylic oxidation sites excluding steroid dienone is 2. The number of halogens is 3. The number of ether oxygens (including phenoxy) is 1. The largest absolute Gasteiger partial charge is 0.462 e. The highest BCUT2D eigenvalue weighted by atomic mass is 19.2. The topological polar surface area (TPSA) is 9.23 Å². The predicted molar refractivity (Wildman–Crippen MR) is 137 cm³/mol. The van der Waals surface area contributed by atoms with E-state index in [1.165, 1.54) is 18.4 Å². The third kappa shape index (κ3) is 5.70. The van der Waals surface area contributed by atoms with Crippen molar-refractivity contribution in [1.82, 2.24) is 0 Å². The first-order chi connectivity index (χ1) is 17.0. The quantitative estimate of drug-likeness (QED) is 0.232. The Morgan fingerprint density at radius 2 is 1.51 bits per heavy atom. The van der Waals surface area contributed by atoms with Crippen molar-refractivity contribution in [2.24, 2.45) is 5.92 Å². The first-order valence-electron chi connectivity index (χ1n) is 12.3. The van der Waals surface area contributed by atoms with Crippen LogP contribution in [0.1, 0.15) is 56.9 Å². The van der Waals surface area contributed by atoms with Crippen molar-refractivity contribution in [3.8, 4) is 28.0 Å². The fourth-order valence-corrected chi connectivity index (χ4v) is 4.74. The molecule has 0 aromatic heterocycles. The van der Waals surface area contributed by atoms with Crippen LogP contribution < -0.4 is 4.74 Å². The fourth-order valence-electron chi connectivity index (χ4n) is 4.74. The summed E-state index contributed by atoms with van der Waals surface area (Å²) in [6, 6.07) is 15.2. The summed E-state index contributed by atoms with van der Waals surface area (Å²) in [7, 11) is 0. The van der Waals surface area contributed by atoms with Crippen molar-refractivity contribution in [2.75, 3.05) is 0 Å². The van der Waals surface area contributed by atoms with Gasteiger partial charge in [-0.3, -0.25) is 0 Å². The van der Waals surface area contributed by atoms with E-state index in [2.05, 4.69) is 6.58 Å². The lowest BCUT2D eigenvalue weighted by molar-refractivity contribution is 0.375. The summed E-state index contributed by atoms with van der Waals surface area (Å²) in [5, 5.41) is 0. The number of benzene rings is 3. The third-order valence-corrected chi connectivity index (χ3v) is 6.87. The zero-order valence-corrected chi connectivity index (χ0v) is 20.1. The van der Waals surface area contributed by atoms with Gasteiger partial charge in [0, 0.05) is 11.1 Å². The smallest absolute Gasteiger partial charge is 0.201 e. The van der Waals surface area contributed by atoms with E-state index in [1.54, 1.807) is 36.4 Å². The molecule has 0 atom stereocenters. The Hall–Kier alpha value is -3.27. The van der Waals surface area contributed by atoms with Crippen LogP contribution in [0.4, 0.5) is 13.2 Å². The number of rotatable bonds is 8. The summed E-state index contributed by atoms with van der Waals surface area (Å²) in [6.07, 6.45) is 11.2. The number of hydrogen-bond donors (Lipinski definition) is 0. The molecule has 0 radical (unpaired) electrons. The van der Waals surface area contributed by atoms with E-state index in [9.17, 15) is 8.78 Å². The molecule has 1 aliphatic carbocycles. The maximum absolute atomic E-state index is 15.0. The normalized spacial score (nSPS) is 18.1. The third-order valence-electron chi connectivity index (χ3n) is 6.87. The summed E-state index contributed by atoms with van der Waals surface area (Å²) in [6.45, 7) is 5.91. The van der Waals surface area contributed by atoms with Crippen molar-refractivity contribution in [2.45, 2.75) is 51.4 Å². The number of hydrogen-bond acceptors (Lipinski definition) is 1. The van der Waals surface area contributed by atoms with Gasteiger partial charge in [0.25, 0.3) is 0 Å². The van der Waals surface area contributed by atoms with Gasteiger partial charge < -0.3 is 4.74 Å². The number of unbranched alkanes of at least 4 members (excludes halogenated alkanes) is 1. The van der Waals surface area contributed by atoms with Crippen molar-refractivity contribution in [3.63, 3.8) is 0 Å². The molecule has 1 nitrogen and oxygen atoms in total. The van der Waals surface area contributed by atoms with E-state index in [1.807, 2.05) is 25.1 Å². The van der Waals surface area contributed by atoms with Gasteiger partial charge in [-0.2, -0.15) is 4.39 Å². The lowest BCUT2D eigenvalue weighted by Gasteiger charge is -2.27. The van der Waals surface area contributed by atoms with E-state index >= 15 is 4.39 Å². The van der Waals surface area contributed by atoms with E-state index in [-0.39, 0.29) is 17.1 Å². The molecular weight excluding hydrogens is 445 g/mol. The second-order valence-corrected chi connectivity index (χ2v) is 9.18. The molecule has 4 heteroatoms. The van der Waals surface area contributed by atoms with Crippen LogP contribution in [0.15, 0.2) is 79.6 Å². The fraction of sp³-hybridized carbons (Fsp3) is 0.290. The van der Waals surface area contributed by atoms with Gasteiger partial charge >= 0.3 is 0 Å². The maximum atomic E-state index is 15.0. The molecule has 1 saturated carbocycles. The average molecular weight is 477 g/mol. The first kappa shape index (κ1) is 24.8. The predicted octanol–water partition coefficient (Wildman–Crippen LogP) is 9.59. The molecule has 0 bridgehead atoms. The molecule has 4 rings (SSSR count). The average Bonchev–Trinajstić information content (AvgIpc) is 2.89. The second-order valence-electron chi connectivity index (χ2n) is 9.18. The highest BCUT2D eigenvalue weighted by molar-refractivity contribution is 5.71. The highest BCUT2D eigenvalue weighted by Crippen LogP contribution is 2.38. The summed E-state index contributed by atoms with van der Waals surface area (Å²) in [5.41, 5.74) is 2.86. The molecule has 0 N–H and O–H groups in total. The van der Waals surface area contributed by atoms with Gasteiger partial charge in [0.2, 0.25) is 5.82 Å². The standard InChI is InChI=1S/C31H31F3O/c1-3-5-6-19-35-29-18-17-27(30(33)31(29)34)24-13-11-23(12-14-24)26-16-15-25(20-28(26)32)22-9-7-21(4-2)8-10-22/h4,6,11-22H,2-3,5,7-10H2,1H3/b19-6-. The van der Waals surface area contributed by atoms with Crippen molar-refractivity contribution >= 4 is 0 Å². The lowest BCUT2D eigenvalue weighted by atomic mass is 9.78. The summed E-state index contributed by atoms with van der Waals surface area (Å²) < 4.78 is 49.5. The van der Waals surface area contributed by atoms with Crippen LogP contribution in [-0.2, 0) is 0 Å². The van der Waals surface area contributed by atoms with Crippen LogP contribution in [0.2, 0.25) is 0 Å². The Morgan fingerprint density at radius 3 is 2.14 bits per heavy atom. The van der Waals surface area contributed by atoms with Crippen molar-refractivity contribution < 1.29 is 17.9 Å². The molecule has 0 spiro atoms. The van der Waals surface area contributed by atoms with E-state index in [0.29, 0.717) is 28.5 Å². The summed E-state index contributed by atoms with van der Waals surface area (Å²) >= 11 is 0. The Bertz CT molecular complexity index is 1190. The molecule has 1 aliphatic rings. The van der Waals surface area contributed by atoms with Gasteiger partial charge in [0.1, 0.15) is 5.82 Å². The van der Waals surface area contributed by atoms with Crippen LogP contribution in [0.25, 0.3) is 22.3 Å². The van der Waals surface area contributed by atoms with Crippen molar-refractivity contribution in [3.05, 3.63) is 103 Å². The molecule has 0 saturated heterocycles. The molecule has 3 aromatic rings. The molecule has 35 heavy (non-hydrogen) atoms. The molecule has 0 amide bonds. The minimum Gasteiger partial charge on any atom is -0.462 e. The van der Waals surface area contributed by atoms with Crippen LogP contribution in [-0.4, -0.2) is 0 Å². The summed E-state index contributed by atoms with van der Waals surface area (Å²) in [4.78, 5) is 0. The van der Waals surface area contributed by atoms with E-state index in [4.69, 9.17) is 4.74 Å². The molecule has 3 aromatic carbocycles. The van der Waals surface area contributed by atoms with Gasteiger partial charge in [-0.05, 0) is 84.9 Å². The molecule has 1 fully saturated rings. The van der Waals surface area contributed by atoms with Gasteiger partial charge in [-0.1, -0.05) is 55.8 Å². The van der Waals surface area contributed by atoms with Gasteiger partial charge in [-0.25, -0.2) is 8.78 Å². The SMILES string of the molecule is C=CC1CCC(c2ccc(-c3ccc(-c4ccc(O/C=C\CCC)c(F)c4F)cc3)c(F)c2)CC1. The summed E-state index contributed by atoms with van der Waals surface area (Å²) in [5.74, 6) is -1.48. The van der Waals surface area contributed by atoms with Crippen LogP contribution >= 0.6 is 0 Å². The van der Waals surface area contributed by atoms with Gasteiger partial charge in [-0.15, -0.1) is 6.58 Å². The zero-order valence-electron chi connectivity index (χ0n) is 20.1.